The van der Waals surface area contributed by atoms with Gasteiger partial charge in [-0.25, -0.2) is 14.6 Å². The molecule has 0 aliphatic heterocycles. The second-order valence-corrected chi connectivity index (χ2v) is 7.02. The van der Waals surface area contributed by atoms with E-state index >= 15 is 0 Å². The predicted molar refractivity (Wildman–Crippen MR) is 118 cm³/mol. The molecule has 0 saturated heterocycles. The fraction of sp³-hybridized carbons (Fsp3) is 0.0526. The third kappa shape index (κ3) is 3.43. The number of H-pyrrole nitrogens is 4. The fourth-order valence-corrected chi connectivity index (χ4v) is 3.42. The van der Waals surface area contributed by atoms with Crippen LogP contribution in [0.15, 0.2) is 46.0 Å². The number of hydrogen-bond acceptors (Lipinski definition) is 8. The van der Waals surface area contributed by atoms with Crippen LogP contribution in [-0.2, 0) is 0 Å². The molecule has 32 heavy (non-hydrogen) atoms. The minimum Gasteiger partial charge on any atom is -0.334 e. The molecule has 6 N–H and O–H groups in total. The molecule has 5 rings (SSSR count). The molecule has 2 aromatic carbocycles. The van der Waals surface area contributed by atoms with Crippen molar-refractivity contribution in [2.45, 2.75) is 6.92 Å². The minimum atomic E-state index is -0.561. The van der Waals surface area contributed by atoms with Gasteiger partial charge in [0.1, 0.15) is 5.69 Å². The Morgan fingerprint density at radius 2 is 1.34 bits per heavy atom. The second kappa shape index (κ2) is 7.09. The van der Waals surface area contributed by atoms with Crippen LogP contribution in [0.4, 0.5) is 28.8 Å². The van der Waals surface area contributed by atoms with Crippen molar-refractivity contribution in [3.63, 3.8) is 0 Å². The predicted octanol–water partition coefficient (Wildman–Crippen LogP) is 2.52. The van der Waals surface area contributed by atoms with Crippen LogP contribution in [0.3, 0.4) is 0 Å². The van der Waals surface area contributed by atoms with Crippen molar-refractivity contribution in [2.75, 3.05) is 10.6 Å². The number of aryl methyl sites for hydroxylation is 1. The Hall–Kier alpha value is -4.94. The van der Waals surface area contributed by atoms with Crippen molar-refractivity contribution in [2.24, 2.45) is 0 Å². The Labute approximate surface area is 177 Å². The molecule has 13 nitrogen and oxygen atoms in total. The van der Waals surface area contributed by atoms with Gasteiger partial charge in [-0.2, -0.15) is 4.98 Å². The highest BCUT2D eigenvalue weighted by molar-refractivity contribution is 5.82. The summed E-state index contributed by atoms with van der Waals surface area (Å²) in [6.45, 7) is 1.51. The smallest absolute Gasteiger partial charge is 0.332 e. The van der Waals surface area contributed by atoms with Crippen LogP contribution in [0, 0.1) is 17.0 Å². The van der Waals surface area contributed by atoms with E-state index in [-0.39, 0.29) is 34.5 Å². The van der Waals surface area contributed by atoms with E-state index in [4.69, 9.17) is 0 Å². The summed E-state index contributed by atoms with van der Waals surface area (Å²) in [4.78, 5) is 53.1. The molecule has 0 saturated carbocycles. The van der Waals surface area contributed by atoms with Crippen LogP contribution < -0.4 is 22.0 Å². The van der Waals surface area contributed by atoms with Gasteiger partial charge in [0.05, 0.1) is 27.0 Å². The van der Waals surface area contributed by atoms with Crippen LogP contribution in [0.2, 0.25) is 0 Å². The first-order chi connectivity index (χ1) is 15.4. The molecule has 0 unspecified atom stereocenters. The molecule has 0 fully saturated rings. The van der Waals surface area contributed by atoms with Crippen LogP contribution in [0.25, 0.3) is 22.1 Å². The number of benzene rings is 2. The summed E-state index contributed by atoms with van der Waals surface area (Å²) < 4.78 is 0. The van der Waals surface area contributed by atoms with Crippen LogP contribution in [0.5, 0.6) is 0 Å². The zero-order chi connectivity index (χ0) is 22.4. The molecule has 5 aromatic rings. The largest absolute Gasteiger partial charge is 0.334 e. The van der Waals surface area contributed by atoms with Gasteiger partial charge in [0, 0.05) is 11.4 Å². The molecule has 0 bridgehead atoms. The van der Waals surface area contributed by atoms with Crippen molar-refractivity contribution < 1.29 is 4.92 Å². The number of aromatic nitrogens is 6. The molecular formula is C19H15N9O4. The van der Waals surface area contributed by atoms with Gasteiger partial charge in [0.2, 0.25) is 11.8 Å². The Kier molecular flexibility index (Phi) is 4.22. The van der Waals surface area contributed by atoms with E-state index in [9.17, 15) is 19.7 Å². The highest BCUT2D eigenvalue weighted by atomic mass is 16.6. The van der Waals surface area contributed by atoms with Crippen LogP contribution in [-0.4, -0.2) is 34.8 Å². The molecule has 3 aromatic heterocycles. The van der Waals surface area contributed by atoms with Gasteiger partial charge in [0.15, 0.2) is 0 Å². The van der Waals surface area contributed by atoms with Gasteiger partial charge in [-0.3, -0.25) is 10.1 Å². The fourth-order valence-electron chi connectivity index (χ4n) is 3.42. The maximum atomic E-state index is 11.6. The number of nitro groups is 1. The van der Waals surface area contributed by atoms with Crippen molar-refractivity contribution in [1.29, 1.82) is 0 Å². The molecule has 0 aliphatic carbocycles. The molecule has 0 atom stereocenters. The number of nitrogens with one attached hydrogen (secondary N) is 6. The number of hydrogen-bond donors (Lipinski definition) is 6. The lowest BCUT2D eigenvalue weighted by molar-refractivity contribution is -0.385. The maximum Gasteiger partial charge on any atom is 0.332 e. The third-order valence-electron chi connectivity index (χ3n) is 4.79. The van der Waals surface area contributed by atoms with Crippen molar-refractivity contribution >= 4 is 50.9 Å². The van der Waals surface area contributed by atoms with E-state index < -0.39 is 4.92 Å². The van der Waals surface area contributed by atoms with E-state index in [1.807, 2.05) is 0 Å². The van der Waals surface area contributed by atoms with Gasteiger partial charge in [-0.1, -0.05) is 0 Å². The quantitative estimate of drug-likeness (QED) is 0.180. The van der Waals surface area contributed by atoms with Gasteiger partial charge in [0.25, 0.3) is 0 Å². The molecule has 0 spiro atoms. The Balaban J connectivity index is 1.53. The van der Waals surface area contributed by atoms with E-state index in [0.29, 0.717) is 33.4 Å². The summed E-state index contributed by atoms with van der Waals surface area (Å²) in [6.07, 6.45) is 0. The highest BCUT2D eigenvalue weighted by Crippen LogP contribution is 2.31. The van der Waals surface area contributed by atoms with Gasteiger partial charge in [-0.05, 0) is 43.3 Å². The maximum absolute atomic E-state index is 11.6. The first kappa shape index (κ1) is 19.0. The number of nitrogens with zero attached hydrogens (tertiary/aromatic N) is 3. The normalized spacial score (nSPS) is 11.2. The summed E-state index contributed by atoms with van der Waals surface area (Å²) in [5, 5.41) is 17.6. The first-order valence-electron chi connectivity index (χ1n) is 9.37. The third-order valence-corrected chi connectivity index (χ3v) is 4.79. The van der Waals surface area contributed by atoms with Crippen molar-refractivity contribution in [3.05, 3.63) is 73.2 Å². The number of fused-ring (bicyclic) bond motifs is 2. The first-order valence-corrected chi connectivity index (χ1v) is 9.37. The minimum absolute atomic E-state index is 0.0154. The lowest BCUT2D eigenvalue weighted by Crippen LogP contribution is -2.07. The summed E-state index contributed by atoms with van der Waals surface area (Å²) in [7, 11) is 0. The highest BCUT2D eigenvalue weighted by Gasteiger charge is 2.22. The van der Waals surface area contributed by atoms with E-state index in [2.05, 4.69) is 40.5 Å². The lowest BCUT2D eigenvalue weighted by Gasteiger charge is -2.11. The molecule has 13 heteroatoms. The Morgan fingerprint density at radius 1 is 0.812 bits per heavy atom. The SMILES string of the molecule is Cc1nc(Nc2ccc3[nH]c(=O)[nH]c3c2)nc(Nc2ccc3[nH]c(=O)[nH]c3c2)c1[N+](=O)[O-]. The number of imidazole rings is 2. The number of aromatic amines is 4. The second-order valence-electron chi connectivity index (χ2n) is 7.02. The number of anilines is 4. The Bertz CT molecular complexity index is 1630. The van der Waals surface area contributed by atoms with Crippen molar-refractivity contribution in [1.82, 2.24) is 29.9 Å². The van der Waals surface area contributed by atoms with Gasteiger partial charge in [-0.15, -0.1) is 0 Å². The number of rotatable bonds is 5. The van der Waals surface area contributed by atoms with Gasteiger partial charge < -0.3 is 30.6 Å². The van der Waals surface area contributed by atoms with E-state index in [1.165, 1.54) is 6.92 Å². The zero-order valence-electron chi connectivity index (χ0n) is 16.4. The van der Waals surface area contributed by atoms with Crippen LogP contribution >= 0.6 is 0 Å². The Morgan fingerprint density at radius 3 is 1.91 bits per heavy atom. The standard InChI is InChI=1S/C19H15N9O4/c1-8-15(28(31)32)16(21-9-2-4-11-13(6-9)25-18(29)23-11)27-17(20-8)22-10-3-5-12-14(7-10)26-19(30)24-12/h2-7H,1H3,(H2,23,25,29)(H2,24,26,30)(H2,20,21,22,27). The summed E-state index contributed by atoms with van der Waals surface area (Å²) in [6, 6.07) is 10.1. The molecule has 0 amide bonds. The molecule has 0 aliphatic rings. The average Bonchev–Trinajstić information content (AvgIpc) is 3.27. The van der Waals surface area contributed by atoms with Gasteiger partial charge >= 0.3 is 17.1 Å². The molecule has 0 radical (unpaired) electrons. The monoisotopic (exact) mass is 433 g/mol. The van der Waals surface area contributed by atoms with E-state index in [0.717, 1.165) is 0 Å². The van der Waals surface area contributed by atoms with Crippen molar-refractivity contribution in [3.8, 4) is 0 Å². The summed E-state index contributed by atoms with van der Waals surface area (Å²) in [5.74, 6) is 0.113. The topological polar surface area (TPSA) is 190 Å². The lowest BCUT2D eigenvalue weighted by atomic mass is 10.2. The molecule has 3 heterocycles. The zero-order valence-corrected chi connectivity index (χ0v) is 16.4. The summed E-state index contributed by atoms with van der Waals surface area (Å²) >= 11 is 0. The summed E-state index contributed by atoms with van der Waals surface area (Å²) in [5.41, 5.74) is 2.65. The molecular weight excluding hydrogens is 418 g/mol. The average molecular weight is 433 g/mol. The van der Waals surface area contributed by atoms with Crippen LogP contribution in [0.1, 0.15) is 5.69 Å². The molecule has 160 valence electrons. The van der Waals surface area contributed by atoms with E-state index in [1.54, 1.807) is 36.4 Å².